The topological polar surface area (TPSA) is 74.7 Å². The number of carboxylic acid groups (broad SMARTS) is 1. The van der Waals surface area contributed by atoms with Gasteiger partial charge in [-0.05, 0) is 24.5 Å². The molecule has 108 valence electrons. The van der Waals surface area contributed by atoms with E-state index in [0.717, 1.165) is 12.2 Å². The van der Waals surface area contributed by atoms with Crippen LogP contribution in [0.3, 0.4) is 0 Å². The van der Waals surface area contributed by atoms with E-state index in [1.165, 1.54) is 16.7 Å². The lowest BCUT2D eigenvalue weighted by atomic mass is 10.2. The van der Waals surface area contributed by atoms with Crippen LogP contribution in [0, 0.1) is 5.92 Å². The normalized spacial score (nSPS) is 19.5. The highest BCUT2D eigenvalue weighted by Crippen LogP contribution is 2.26. The zero-order valence-corrected chi connectivity index (χ0v) is 12.2. The van der Waals surface area contributed by atoms with Crippen LogP contribution in [0.25, 0.3) is 0 Å². The van der Waals surface area contributed by atoms with Gasteiger partial charge in [0.05, 0.1) is 5.25 Å². The quantitative estimate of drug-likeness (QED) is 0.688. The van der Waals surface area contributed by atoms with Crippen molar-refractivity contribution in [2.75, 3.05) is 12.3 Å². The summed E-state index contributed by atoms with van der Waals surface area (Å²) in [6, 6.07) is 0. The zero-order chi connectivity index (χ0) is 14.4. The molecular weight excluding hydrogens is 266 g/mol. The summed E-state index contributed by atoms with van der Waals surface area (Å²) in [7, 11) is 0. The Kier molecular flexibility index (Phi) is 6.34. The first-order valence-corrected chi connectivity index (χ1v) is 7.64. The standard InChI is InChI=1S/C13H21NO4S/c1-9(2)5-7-19-10-8-11(15)14(13(10)18)6-3-4-12(16)17/h9-10H,3-8H2,1-2H3,(H,16,17). The molecule has 0 bridgehead atoms. The fourth-order valence-electron chi connectivity index (χ4n) is 1.85. The van der Waals surface area contributed by atoms with Crippen molar-refractivity contribution in [3.63, 3.8) is 0 Å². The number of carbonyl (C=O) groups excluding carboxylic acids is 2. The molecule has 1 saturated heterocycles. The highest BCUT2D eigenvalue weighted by atomic mass is 32.2. The second-order valence-corrected chi connectivity index (χ2v) is 6.44. The van der Waals surface area contributed by atoms with Crippen molar-refractivity contribution < 1.29 is 19.5 Å². The summed E-state index contributed by atoms with van der Waals surface area (Å²) >= 11 is 1.54. The molecule has 0 radical (unpaired) electrons. The monoisotopic (exact) mass is 287 g/mol. The Morgan fingerprint density at radius 1 is 1.47 bits per heavy atom. The van der Waals surface area contributed by atoms with E-state index in [-0.39, 0.29) is 36.5 Å². The van der Waals surface area contributed by atoms with Crippen molar-refractivity contribution in [2.24, 2.45) is 5.92 Å². The molecule has 0 aromatic rings. The fourth-order valence-corrected chi connectivity index (χ4v) is 3.27. The molecule has 1 heterocycles. The van der Waals surface area contributed by atoms with Crippen LogP contribution >= 0.6 is 11.8 Å². The maximum Gasteiger partial charge on any atom is 0.303 e. The molecule has 0 aliphatic carbocycles. The van der Waals surface area contributed by atoms with Crippen LogP contribution in [0.4, 0.5) is 0 Å². The molecule has 6 heteroatoms. The predicted octanol–water partition coefficient (Wildman–Crippen LogP) is 1.76. The average molecular weight is 287 g/mol. The molecular formula is C13H21NO4S. The maximum absolute atomic E-state index is 12.0. The van der Waals surface area contributed by atoms with Crippen LogP contribution in [-0.4, -0.2) is 45.3 Å². The van der Waals surface area contributed by atoms with Crippen LogP contribution in [-0.2, 0) is 14.4 Å². The Labute approximate surface area is 117 Å². The summed E-state index contributed by atoms with van der Waals surface area (Å²) < 4.78 is 0. The predicted molar refractivity (Wildman–Crippen MR) is 73.9 cm³/mol. The minimum Gasteiger partial charge on any atom is -0.481 e. The molecule has 1 aliphatic heterocycles. The number of rotatable bonds is 8. The van der Waals surface area contributed by atoms with Crippen molar-refractivity contribution >= 4 is 29.5 Å². The molecule has 0 aromatic carbocycles. The van der Waals surface area contributed by atoms with E-state index < -0.39 is 5.97 Å². The summed E-state index contributed by atoms with van der Waals surface area (Å²) in [5, 5.41) is 8.28. The van der Waals surface area contributed by atoms with Gasteiger partial charge in [0.1, 0.15) is 0 Å². The Bertz CT molecular complexity index is 357. The van der Waals surface area contributed by atoms with Gasteiger partial charge >= 0.3 is 5.97 Å². The molecule has 1 atom stereocenters. The molecule has 2 amide bonds. The van der Waals surface area contributed by atoms with E-state index in [0.29, 0.717) is 12.3 Å². The summed E-state index contributed by atoms with van der Waals surface area (Å²) in [5.41, 5.74) is 0. The number of carbonyl (C=O) groups is 3. The first-order valence-electron chi connectivity index (χ1n) is 6.59. The van der Waals surface area contributed by atoms with Gasteiger partial charge in [-0.25, -0.2) is 0 Å². The number of amides is 2. The van der Waals surface area contributed by atoms with E-state index in [4.69, 9.17) is 5.11 Å². The van der Waals surface area contributed by atoms with E-state index >= 15 is 0 Å². The van der Waals surface area contributed by atoms with Gasteiger partial charge in [0.2, 0.25) is 11.8 Å². The molecule has 0 spiro atoms. The summed E-state index contributed by atoms with van der Waals surface area (Å²) in [6.45, 7) is 4.48. The van der Waals surface area contributed by atoms with Gasteiger partial charge in [0.25, 0.3) is 0 Å². The van der Waals surface area contributed by atoms with Gasteiger partial charge in [-0.3, -0.25) is 19.3 Å². The average Bonchev–Trinajstić information content (AvgIpc) is 2.56. The third kappa shape index (κ3) is 5.22. The Balaban J connectivity index is 2.37. The molecule has 0 saturated carbocycles. The van der Waals surface area contributed by atoms with Gasteiger partial charge < -0.3 is 5.11 Å². The van der Waals surface area contributed by atoms with Crippen molar-refractivity contribution in [1.82, 2.24) is 4.90 Å². The van der Waals surface area contributed by atoms with E-state index in [1.807, 2.05) is 0 Å². The molecule has 1 rings (SSSR count). The summed E-state index contributed by atoms with van der Waals surface area (Å²) in [4.78, 5) is 35.3. The molecule has 1 unspecified atom stereocenters. The van der Waals surface area contributed by atoms with Crippen molar-refractivity contribution in [2.45, 2.75) is 44.8 Å². The Hall–Kier alpha value is -1.04. The zero-order valence-electron chi connectivity index (χ0n) is 11.4. The van der Waals surface area contributed by atoms with Gasteiger partial charge in [0.15, 0.2) is 0 Å². The van der Waals surface area contributed by atoms with Crippen LogP contribution in [0.1, 0.15) is 39.5 Å². The molecule has 1 N–H and O–H groups in total. The molecule has 1 fully saturated rings. The lowest BCUT2D eigenvalue weighted by molar-refractivity contribution is -0.141. The second-order valence-electron chi connectivity index (χ2n) is 5.13. The first-order chi connectivity index (χ1) is 8.91. The third-order valence-corrected chi connectivity index (χ3v) is 4.23. The fraction of sp³-hybridized carbons (Fsp3) is 0.769. The smallest absolute Gasteiger partial charge is 0.303 e. The summed E-state index contributed by atoms with van der Waals surface area (Å²) in [6.07, 6.45) is 1.61. The number of aliphatic carboxylic acids is 1. The second kappa shape index (κ2) is 7.53. The molecule has 19 heavy (non-hydrogen) atoms. The van der Waals surface area contributed by atoms with Crippen molar-refractivity contribution in [3.05, 3.63) is 0 Å². The maximum atomic E-state index is 12.0. The van der Waals surface area contributed by atoms with E-state index in [2.05, 4.69) is 13.8 Å². The van der Waals surface area contributed by atoms with Crippen LogP contribution in [0.2, 0.25) is 0 Å². The summed E-state index contributed by atoms with van der Waals surface area (Å²) in [5.74, 6) is 0.250. The minimum absolute atomic E-state index is 0.0117. The van der Waals surface area contributed by atoms with Gasteiger partial charge in [0, 0.05) is 19.4 Å². The molecule has 5 nitrogen and oxygen atoms in total. The van der Waals surface area contributed by atoms with Crippen LogP contribution < -0.4 is 0 Å². The van der Waals surface area contributed by atoms with Gasteiger partial charge in [-0.15, -0.1) is 11.8 Å². The van der Waals surface area contributed by atoms with Gasteiger partial charge in [-0.2, -0.15) is 0 Å². The SMILES string of the molecule is CC(C)CCSC1CC(=O)N(CCCC(=O)O)C1=O. The largest absolute Gasteiger partial charge is 0.481 e. The highest BCUT2D eigenvalue weighted by Gasteiger charge is 2.38. The highest BCUT2D eigenvalue weighted by molar-refractivity contribution is 8.00. The molecule has 1 aliphatic rings. The first kappa shape index (κ1) is 16.0. The number of hydrogen-bond donors (Lipinski definition) is 1. The lowest BCUT2D eigenvalue weighted by Gasteiger charge is -2.14. The number of imide groups is 1. The number of likely N-dealkylation sites (tertiary alicyclic amines) is 1. The van der Waals surface area contributed by atoms with E-state index in [1.54, 1.807) is 0 Å². The van der Waals surface area contributed by atoms with Crippen LogP contribution in [0.5, 0.6) is 0 Å². The molecule has 0 aromatic heterocycles. The van der Waals surface area contributed by atoms with E-state index in [9.17, 15) is 14.4 Å². The number of hydrogen-bond acceptors (Lipinski definition) is 4. The van der Waals surface area contributed by atoms with Gasteiger partial charge in [-0.1, -0.05) is 13.8 Å². The minimum atomic E-state index is -0.901. The lowest BCUT2D eigenvalue weighted by Crippen LogP contribution is -2.32. The number of carboxylic acids is 1. The number of thioether (sulfide) groups is 1. The third-order valence-electron chi connectivity index (χ3n) is 2.99. The Morgan fingerprint density at radius 3 is 2.74 bits per heavy atom. The van der Waals surface area contributed by atoms with Crippen molar-refractivity contribution in [1.29, 1.82) is 0 Å². The van der Waals surface area contributed by atoms with Crippen LogP contribution in [0.15, 0.2) is 0 Å². The van der Waals surface area contributed by atoms with Crippen molar-refractivity contribution in [3.8, 4) is 0 Å². The Morgan fingerprint density at radius 2 is 2.16 bits per heavy atom. The number of nitrogens with zero attached hydrogens (tertiary/aromatic N) is 1.